The van der Waals surface area contributed by atoms with Crippen molar-refractivity contribution in [3.05, 3.63) is 168 Å². The van der Waals surface area contributed by atoms with Crippen LogP contribution in [0.4, 0.5) is 28.4 Å². The molecule has 0 bridgehead atoms. The van der Waals surface area contributed by atoms with Crippen LogP contribution < -0.4 is 9.80 Å². The van der Waals surface area contributed by atoms with E-state index in [1.54, 1.807) is 0 Å². The molecule has 0 saturated carbocycles. The fourth-order valence-corrected chi connectivity index (χ4v) is 7.34. The van der Waals surface area contributed by atoms with Crippen molar-refractivity contribution in [2.24, 2.45) is 0 Å². The topological polar surface area (TPSA) is 6.48 Å². The van der Waals surface area contributed by atoms with E-state index < -0.39 is 0 Å². The summed E-state index contributed by atoms with van der Waals surface area (Å²) in [4.78, 5) is 4.93. The van der Waals surface area contributed by atoms with Gasteiger partial charge in [0.15, 0.2) is 0 Å². The molecule has 7 rings (SSSR count). The number of para-hydroxylation sites is 1. The molecular formula is C46H46N2. The molecule has 1 aliphatic rings. The Labute approximate surface area is 287 Å². The van der Waals surface area contributed by atoms with Crippen molar-refractivity contribution >= 4 is 45.3 Å². The maximum Gasteiger partial charge on any atom is 0.0646 e. The van der Waals surface area contributed by atoms with Crippen LogP contribution in [-0.4, -0.2) is 0 Å². The lowest BCUT2D eigenvalue weighted by molar-refractivity contribution is 0.533. The van der Waals surface area contributed by atoms with E-state index >= 15 is 0 Å². The SMILES string of the molecule is CC1CC=Cc2cccc(N(c3ccc(N(c4ccccc4)C(C)(C)c4ccc(C(C)(C)C)cc4)cc3)c3ccc4ccccc4c3)c21. The highest BCUT2D eigenvalue weighted by Gasteiger charge is 2.31. The number of benzene rings is 6. The zero-order valence-electron chi connectivity index (χ0n) is 29.1. The van der Waals surface area contributed by atoms with Gasteiger partial charge in [-0.3, -0.25) is 0 Å². The molecule has 0 amide bonds. The molecule has 0 heterocycles. The van der Waals surface area contributed by atoms with E-state index in [-0.39, 0.29) is 11.0 Å². The predicted molar refractivity (Wildman–Crippen MR) is 207 cm³/mol. The second-order valence-electron chi connectivity index (χ2n) is 14.8. The van der Waals surface area contributed by atoms with Crippen LogP contribution in [-0.2, 0) is 11.0 Å². The highest BCUT2D eigenvalue weighted by molar-refractivity contribution is 5.90. The van der Waals surface area contributed by atoms with Gasteiger partial charge in [0.1, 0.15) is 0 Å². The molecule has 0 aromatic heterocycles. The van der Waals surface area contributed by atoms with Crippen molar-refractivity contribution in [1.29, 1.82) is 0 Å². The number of fused-ring (bicyclic) bond motifs is 2. The van der Waals surface area contributed by atoms with Gasteiger partial charge in [-0.05, 0) is 119 Å². The van der Waals surface area contributed by atoms with Gasteiger partial charge >= 0.3 is 0 Å². The quantitative estimate of drug-likeness (QED) is 0.174. The summed E-state index contributed by atoms with van der Waals surface area (Å²) in [6.45, 7) is 13.8. The summed E-state index contributed by atoms with van der Waals surface area (Å²) in [5, 5.41) is 2.49. The third kappa shape index (κ3) is 5.92. The first-order valence-electron chi connectivity index (χ1n) is 17.3. The fourth-order valence-electron chi connectivity index (χ4n) is 7.34. The Morgan fingerprint density at radius 2 is 1.15 bits per heavy atom. The molecule has 0 N–H and O–H groups in total. The van der Waals surface area contributed by atoms with Gasteiger partial charge in [-0.2, -0.15) is 0 Å². The summed E-state index contributed by atoms with van der Waals surface area (Å²) >= 11 is 0. The Morgan fingerprint density at radius 3 is 1.85 bits per heavy atom. The van der Waals surface area contributed by atoms with Crippen LogP contribution in [0.15, 0.2) is 146 Å². The van der Waals surface area contributed by atoms with Crippen molar-refractivity contribution in [3.63, 3.8) is 0 Å². The van der Waals surface area contributed by atoms with Gasteiger partial charge in [0.2, 0.25) is 0 Å². The van der Waals surface area contributed by atoms with Gasteiger partial charge in [-0.1, -0.05) is 125 Å². The number of hydrogen-bond acceptors (Lipinski definition) is 2. The first-order valence-corrected chi connectivity index (χ1v) is 17.3. The van der Waals surface area contributed by atoms with E-state index in [2.05, 4.69) is 203 Å². The van der Waals surface area contributed by atoms with Crippen molar-refractivity contribution < 1.29 is 0 Å². The minimum Gasteiger partial charge on any atom is -0.332 e. The highest BCUT2D eigenvalue weighted by atomic mass is 15.2. The first-order chi connectivity index (χ1) is 23.1. The number of anilines is 5. The molecule has 6 aromatic carbocycles. The molecule has 1 aliphatic carbocycles. The molecule has 2 nitrogen and oxygen atoms in total. The summed E-state index contributed by atoms with van der Waals surface area (Å²) in [7, 11) is 0. The smallest absolute Gasteiger partial charge is 0.0646 e. The largest absolute Gasteiger partial charge is 0.332 e. The van der Waals surface area contributed by atoms with Gasteiger partial charge in [-0.25, -0.2) is 0 Å². The van der Waals surface area contributed by atoms with Crippen LogP contribution in [0.5, 0.6) is 0 Å². The molecule has 0 spiro atoms. The molecule has 0 aliphatic heterocycles. The molecule has 0 radical (unpaired) electrons. The van der Waals surface area contributed by atoms with E-state index in [9.17, 15) is 0 Å². The van der Waals surface area contributed by atoms with E-state index in [0.717, 1.165) is 23.5 Å². The van der Waals surface area contributed by atoms with Crippen LogP contribution in [0.25, 0.3) is 16.8 Å². The van der Waals surface area contributed by atoms with Crippen molar-refractivity contribution in [2.45, 2.75) is 64.8 Å². The maximum atomic E-state index is 2.47. The normalized spacial score (nSPS) is 14.5. The van der Waals surface area contributed by atoms with Gasteiger partial charge in [0.05, 0.1) is 11.2 Å². The number of nitrogens with zero attached hydrogens (tertiary/aromatic N) is 2. The number of hydrogen-bond donors (Lipinski definition) is 0. The number of allylic oxidation sites excluding steroid dienone is 1. The Balaban J connectivity index is 1.35. The minimum atomic E-state index is -0.308. The third-order valence-electron chi connectivity index (χ3n) is 10.0. The van der Waals surface area contributed by atoms with Crippen molar-refractivity contribution in [2.75, 3.05) is 9.80 Å². The zero-order chi connectivity index (χ0) is 33.5. The molecule has 48 heavy (non-hydrogen) atoms. The Morgan fingerprint density at radius 1 is 0.542 bits per heavy atom. The summed E-state index contributed by atoms with van der Waals surface area (Å²) in [6, 6.07) is 51.4. The lowest BCUT2D eigenvalue weighted by atomic mass is 9.84. The average molecular weight is 627 g/mol. The van der Waals surface area contributed by atoms with Gasteiger partial charge < -0.3 is 9.80 Å². The number of rotatable bonds is 7. The van der Waals surface area contributed by atoms with Crippen LogP contribution in [0.3, 0.4) is 0 Å². The lowest BCUT2D eigenvalue weighted by Gasteiger charge is -2.41. The molecule has 0 fully saturated rings. The van der Waals surface area contributed by atoms with Crippen LogP contribution in [0.1, 0.15) is 76.1 Å². The molecule has 1 atom stereocenters. The van der Waals surface area contributed by atoms with Gasteiger partial charge in [-0.15, -0.1) is 0 Å². The monoisotopic (exact) mass is 626 g/mol. The fraction of sp³-hybridized carbons (Fsp3) is 0.217. The van der Waals surface area contributed by atoms with E-state index in [1.165, 1.54) is 44.4 Å². The van der Waals surface area contributed by atoms with Crippen LogP contribution >= 0.6 is 0 Å². The predicted octanol–water partition coefficient (Wildman–Crippen LogP) is 13.2. The molecule has 1 unspecified atom stereocenters. The van der Waals surface area contributed by atoms with E-state index in [1.807, 2.05) is 0 Å². The van der Waals surface area contributed by atoms with E-state index in [4.69, 9.17) is 0 Å². The van der Waals surface area contributed by atoms with E-state index in [0.29, 0.717) is 5.92 Å². The Kier molecular flexibility index (Phi) is 8.21. The molecule has 0 saturated heterocycles. The zero-order valence-corrected chi connectivity index (χ0v) is 29.1. The lowest BCUT2D eigenvalue weighted by Crippen LogP contribution is -2.38. The van der Waals surface area contributed by atoms with Gasteiger partial charge in [0, 0.05) is 22.7 Å². The third-order valence-corrected chi connectivity index (χ3v) is 10.0. The Hall–Kier alpha value is -5.08. The first kappa shape index (κ1) is 31.5. The Bertz CT molecular complexity index is 2060. The van der Waals surface area contributed by atoms with Crippen LogP contribution in [0.2, 0.25) is 0 Å². The highest BCUT2D eigenvalue weighted by Crippen LogP contribution is 2.46. The van der Waals surface area contributed by atoms with Crippen molar-refractivity contribution in [1.82, 2.24) is 0 Å². The molecular weight excluding hydrogens is 581 g/mol. The molecule has 240 valence electrons. The average Bonchev–Trinajstić information content (AvgIpc) is 3.09. The minimum absolute atomic E-state index is 0.112. The summed E-state index contributed by atoms with van der Waals surface area (Å²) < 4.78 is 0. The summed E-state index contributed by atoms with van der Waals surface area (Å²) in [5.41, 5.74) is 11.0. The maximum absolute atomic E-state index is 2.47. The summed E-state index contributed by atoms with van der Waals surface area (Å²) in [6.07, 6.45) is 5.64. The second kappa shape index (κ2) is 12.5. The van der Waals surface area contributed by atoms with Crippen molar-refractivity contribution in [3.8, 4) is 0 Å². The second-order valence-corrected chi connectivity index (χ2v) is 14.8. The molecule has 6 aromatic rings. The standard InChI is InChI=1S/C46H46N2/c1-33-14-12-17-35-18-13-21-43(44(33)35)47(42-27-22-34-15-10-11-16-36(34)32-42)39-28-30-41(31-29-39)48(40-19-8-7-9-20-40)46(5,6)38-25-23-37(24-26-38)45(2,3)4/h7-13,15-33H,14H2,1-6H3. The molecule has 2 heteroatoms. The van der Waals surface area contributed by atoms with Crippen LogP contribution in [0, 0.1) is 0 Å². The van der Waals surface area contributed by atoms with Gasteiger partial charge in [0.25, 0.3) is 0 Å². The summed E-state index contributed by atoms with van der Waals surface area (Å²) in [5.74, 6) is 0.433.